The number of halogens is 1. The van der Waals surface area contributed by atoms with E-state index in [0.717, 1.165) is 0 Å². The molecular formula is C7H11BrN2O2. The molecule has 5 heteroatoms. The monoisotopic (exact) mass is 234 g/mol. The normalized spacial score (nSPS) is 7.17. The Morgan fingerprint density at radius 3 is 2.33 bits per heavy atom. The van der Waals surface area contributed by atoms with Crippen molar-refractivity contribution >= 4 is 23.0 Å². The van der Waals surface area contributed by atoms with Crippen LogP contribution < -0.4 is 5.73 Å². The lowest BCUT2D eigenvalue weighted by Gasteiger charge is -1.87. The van der Waals surface area contributed by atoms with E-state index < -0.39 is 5.97 Å². The van der Waals surface area contributed by atoms with Crippen molar-refractivity contribution in [2.45, 2.75) is 0 Å². The Labute approximate surface area is 81.2 Å². The zero-order valence-corrected chi connectivity index (χ0v) is 8.31. The summed E-state index contributed by atoms with van der Waals surface area (Å²) in [6.45, 7) is 0. The van der Waals surface area contributed by atoms with Crippen molar-refractivity contribution in [3.05, 3.63) is 30.1 Å². The second kappa shape index (κ2) is 8.16. The van der Waals surface area contributed by atoms with Gasteiger partial charge in [-0.3, -0.25) is 0 Å². The Hall–Kier alpha value is -0.940. The van der Waals surface area contributed by atoms with Crippen LogP contribution in [0.15, 0.2) is 24.4 Å². The van der Waals surface area contributed by atoms with E-state index in [1.165, 1.54) is 19.3 Å². The molecule has 68 valence electrons. The van der Waals surface area contributed by atoms with Gasteiger partial charge in [0, 0.05) is 6.20 Å². The molecule has 0 aliphatic carbocycles. The number of carboxylic acid groups (broad SMARTS) is 1. The van der Waals surface area contributed by atoms with Crippen LogP contribution in [0.1, 0.15) is 10.5 Å². The molecule has 4 nitrogen and oxygen atoms in total. The molecule has 0 fully saturated rings. The van der Waals surface area contributed by atoms with Crippen molar-refractivity contribution in [3.8, 4) is 0 Å². The number of pyridine rings is 1. The summed E-state index contributed by atoms with van der Waals surface area (Å²) in [5.41, 5.74) is 4.58. The zero-order valence-electron chi connectivity index (χ0n) is 6.60. The van der Waals surface area contributed by atoms with Crippen molar-refractivity contribution < 1.29 is 9.90 Å². The summed E-state index contributed by atoms with van der Waals surface area (Å²) >= 11 is 0. The van der Waals surface area contributed by atoms with Gasteiger partial charge in [0.25, 0.3) is 0 Å². The maximum Gasteiger partial charge on any atom is 0.354 e. The van der Waals surface area contributed by atoms with E-state index in [4.69, 9.17) is 5.11 Å². The molecule has 1 aromatic heterocycles. The third-order valence-electron chi connectivity index (χ3n) is 0.884. The second-order valence-electron chi connectivity index (χ2n) is 1.52. The second-order valence-corrected chi connectivity index (χ2v) is 1.52. The van der Waals surface area contributed by atoms with Gasteiger partial charge in [-0.1, -0.05) is 6.07 Å². The fourth-order valence-corrected chi connectivity index (χ4v) is 0.489. The highest BCUT2D eigenvalue weighted by molar-refractivity contribution is 8.93. The number of hydrogen-bond acceptors (Lipinski definition) is 3. The maximum absolute atomic E-state index is 10.1. The lowest BCUT2D eigenvalue weighted by molar-refractivity contribution is 0.0690. The summed E-state index contributed by atoms with van der Waals surface area (Å²) in [5.74, 6) is -0.990. The van der Waals surface area contributed by atoms with Crippen molar-refractivity contribution in [1.29, 1.82) is 0 Å². The van der Waals surface area contributed by atoms with Gasteiger partial charge in [-0.15, -0.1) is 17.0 Å². The summed E-state index contributed by atoms with van der Waals surface area (Å²) < 4.78 is 0. The Morgan fingerprint density at radius 1 is 1.50 bits per heavy atom. The van der Waals surface area contributed by atoms with Crippen LogP contribution in [0.4, 0.5) is 0 Å². The minimum atomic E-state index is -0.990. The van der Waals surface area contributed by atoms with E-state index in [1.807, 2.05) is 0 Å². The van der Waals surface area contributed by atoms with Gasteiger partial charge < -0.3 is 10.8 Å². The first-order valence-electron chi connectivity index (χ1n) is 3.03. The SMILES string of the molecule is Br.CN.O=C(O)c1ccccn1. The molecule has 0 atom stereocenters. The smallest absolute Gasteiger partial charge is 0.354 e. The van der Waals surface area contributed by atoms with Crippen molar-refractivity contribution in [2.24, 2.45) is 5.73 Å². The summed E-state index contributed by atoms with van der Waals surface area (Å²) in [4.78, 5) is 13.7. The van der Waals surface area contributed by atoms with Gasteiger partial charge >= 0.3 is 5.97 Å². The third-order valence-corrected chi connectivity index (χ3v) is 0.884. The number of rotatable bonds is 1. The van der Waals surface area contributed by atoms with Gasteiger partial charge in [0.2, 0.25) is 0 Å². The molecule has 1 heterocycles. The van der Waals surface area contributed by atoms with Gasteiger partial charge in [-0.2, -0.15) is 0 Å². The summed E-state index contributed by atoms with van der Waals surface area (Å²) in [5, 5.41) is 8.32. The number of nitrogens with two attached hydrogens (primary N) is 1. The van der Waals surface area contributed by atoms with Crippen LogP contribution in [0.5, 0.6) is 0 Å². The lowest BCUT2D eigenvalue weighted by Crippen LogP contribution is -1.97. The molecule has 0 amide bonds. The Kier molecular flexibility index (Phi) is 9.27. The van der Waals surface area contributed by atoms with E-state index in [-0.39, 0.29) is 22.7 Å². The highest BCUT2D eigenvalue weighted by atomic mass is 79.9. The average molecular weight is 235 g/mol. The summed E-state index contributed by atoms with van der Waals surface area (Å²) in [6.07, 6.45) is 1.45. The van der Waals surface area contributed by atoms with E-state index in [2.05, 4.69) is 10.7 Å². The van der Waals surface area contributed by atoms with E-state index in [1.54, 1.807) is 12.1 Å². The molecular weight excluding hydrogens is 224 g/mol. The molecule has 0 radical (unpaired) electrons. The first kappa shape index (κ1) is 13.6. The van der Waals surface area contributed by atoms with Gasteiger partial charge in [0.15, 0.2) is 0 Å². The van der Waals surface area contributed by atoms with E-state index in [9.17, 15) is 4.79 Å². The van der Waals surface area contributed by atoms with Crippen LogP contribution in [-0.4, -0.2) is 23.1 Å². The predicted molar refractivity (Wildman–Crippen MR) is 51.6 cm³/mol. The molecule has 3 N–H and O–H groups in total. The van der Waals surface area contributed by atoms with Gasteiger partial charge in [-0.05, 0) is 19.2 Å². The van der Waals surface area contributed by atoms with Crippen molar-refractivity contribution in [1.82, 2.24) is 4.98 Å². The van der Waals surface area contributed by atoms with E-state index in [0.29, 0.717) is 0 Å². The van der Waals surface area contributed by atoms with Crippen LogP contribution in [0.2, 0.25) is 0 Å². The number of carbonyl (C=O) groups is 1. The average Bonchev–Trinajstić information content (AvgIpc) is 2.10. The molecule has 12 heavy (non-hydrogen) atoms. The number of nitrogens with zero attached hydrogens (tertiary/aromatic N) is 1. The Morgan fingerprint density at radius 2 is 2.08 bits per heavy atom. The molecule has 0 aromatic carbocycles. The van der Waals surface area contributed by atoms with Gasteiger partial charge in [-0.25, -0.2) is 9.78 Å². The van der Waals surface area contributed by atoms with Crippen LogP contribution >= 0.6 is 17.0 Å². The lowest BCUT2D eigenvalue weighted by atomic mass is 10.4. The van der Waals surface area contributed by atoms with Gasteiger partial charge in [0.05, 0.1) is 0 Å². The number of aromatic carboxylic acids is 1. The van der Waals surface area contributed by atoms with Crippen molar-refractivity contribution in [2.75, 3.05) is 7.05 Å². The Bertz CT molecular complexity index is 216. The minimum absolute atomic E-state index is 0. The maximum atomic E-state index is 10.1. The highest BCUT2D eigenvalue weighted by Gasteiger charge is 1.98. The molecule has 0 saturated heterocycles. The summed E-state index contributed by atoms with van der Waals surface area (Å²) in [7, 11) is 1.50. The first-order valence-corrected chi connectivity index (χ1v) is 3.03. The summed E-state index contributed by atoms with van der Waals surface area (Å²) in [6, 6.07) is 4.76. The zero-order chi connectivity index (χ0) is 8.69. The molecule has 0 aliphatic heterocycles. The highest BCUT2D eigenvalue weighted by Crippen LogP contribution is 1.90. The molecule has 1 rings (SSSR count). The third kappa shape index (κ3) is 4.81. The van der Waals surface area contributed by atoms with Crippen molar-refractivity contribution in [3.63, 3.8) is 0 Å². The molecule has 0 bridgehead atoms. The number of aromatic nitrogens is 1. The first-order chi connectivity index (χ1) is 5.30. The fourth-order valence-electron chi connectivity index (χ4n) is 0.489. The predicted octanol–water partition coefficient (Wildman–Crippen LogP) is 0.933. The standard InChI is InChI=1S/C6H5NO2.CH5N.BrH/c8-6(9)5-3-1-2-4-7-5;1-2;/h1-4H,(H,8,9);2H2,1H3;1H. The number of hydrogen-bond donors (Lipinski definition) is 2. The van der Waals surface area contributed by atoms with Gasteiger partial charge in [0.1, 0.15) is 5.69 Å². The molecule has 1 aromatic rings. The van der Waals surface area contributed by atoms with Crippen LogP contribution in [0, 0.1) is 0 Å². The molecule has 0 unspecified atom stereocenters. The largest absolute Gasteiger partial charge is 0.477 e. The van der Waals surface area contributed by atoms with Crippen LogP contribution in [0.25, 0.3) is 0 Å². The molecule has 0 saturated carbocycles. The van der Waals surface area contributed by atoms with Crippen LogP contribution in [-0.2, 0) is 0 Å². The van der Waals surface area contributed by atoms with Crippen LogP contribution in [0.3, 0.4) is 0 Å². The molecule has 0 spiro atoms. The van der Waals surface area contributed by atoms with E-state index >= 15 is 0 Å². The number of carboxylic acids is 1. The Balaban J connectivity index is 0. The molecule has 0 aliphatic rings. The quantitative estimate of drug-likeness (QED) is 0.759. The fraction of sp³-hybridized carbons (Fsp3) is 0.143. The minimum Gasteiger partial charge on any atom is -0.477 e. The topological polar surface area (TPSA) is 76.2 Å².